The minimum absolute atomic E-state index is 0.0102. The Hall–Kier alpha value is -2.66. The van der Waals surface area contributed by atoms with Crippen LogP contribution in [0.5, 0.6) is 0 Å². The number of rotatable bonds is 7. The number of likely N-dealkylation sites (tertiary alicyclic amines) is 1. The Balaban J connectivity index is 1.56. The lowest BCUT2D eigenvalue weighted by Gasteiger charge is -2.24. The van der Waals surface area contributed by atoms with E-state index in [-0.39, 0.29) is 30.9 Å². The number of aliphatic hydroxyl groups excluding tert-OH is 1. The zero-order chi connectivity index (χ0) is 19.9. The molecule has 1 saturated heterocycles. The second-order valence-corrected chi connectivity index (χ2v) is 7.28. The Morgan fingerprint density at radius 3 is 2.25 bits per heavy atom. The van der Waals surface area contributed by atoms with Gasteiger partial charge >= 0.3 is 0 Å². The highest BCUT2D eigenvalue weighted by atomic mass is 16.3. The topological polar surface area (TPSA) is 69.6 Å². The number of amides is 2. The molecule has 2 N–H and O–H groups in total. The first kappa shape index (κ1) is 20.1. The lowest BCUT2D eigenvalue weighted by atomic mass is 10.1. The minimum Gasteiger partial charge on any atom is -0.392 e. The van der Waals surface area contributed by atoms with Crippen molar-refractivity contribution in [3.63, 3.8) is 0 Å². The molecule has 1 aliphatic rings. The van der Waals surface area contributed by atoms with Crippen LogP contribution in [-0.4, -0.2) is 34.4 Å². The van der Waals surface area contributed by atoms with Gasteiger partial charge in [0.1, 0.15) is 6.04 Å². The fourth-order valence-corrected chi connectivity index (χ4v) is 3.58. The van der Waals surface area contributed by atoms with Gasteiger partial charge in [-0.2, -0.15) is 0 Å². The largest absolute Gasteiger partial charge is 0.392 e. The van der Waals surface area contributed by atoms with Crippen LogP contribution in [0.1, 0.15) is 42.0 Å². The summed E-state index contributed by atoms with van der Waals surface area (Å²) in [6, 6.07) is 15.2. The smallest absolute Gasteiger partial charge is 0.243 e. The highest BCUT2D eigenvalue weighted by molar-refractivity contribution is 5.89. The molecule has 1 heterocycles. The Morgan fingerprint density at radius 2 is 1.61 bits per heavy atom. The first-order valence-corrected chi connectivity index (χ1v) is 9.94. The first-order valence-electron chi connectivity index (χ1n) is 9.94. The standard InChI is InChI=1S/C23H28N2O3/c1-2-17-5-9-19(10-6-17)15-24-23(28)21-4-3-13-25(21)22(27)14-18-7-11-20(16-26)12-8-18/h5-12,21,26H,2-4,13-16H2,1H3,(H,24,28). The van der Waals surface area contributed by atoms with E-state index in [9.17, 15) is 9.59 Å². The number of nitrogens with zero attached hydrogens (tertiary/aromatic N) is 1. The van der Waals surface area contributed by atoms with Gasteiger partial charge in [0.2, 0.25) is 11.8 Å². The molecule has 148 valence electrons. The van der Waals surface area contributed by atoms with Crippen molar-refractivity contribution < 1.29 is 14.7 Å². The zero-order valence-corrected chi connectivity index (χ0v) is 16.4. The number of carbonyl (C=O) groups excluding carboxylic acids is 2. The van der Waals surface area contributed by atoms with E-state index in [1.807, 2.05) is 36.4 Å². The molecule has 2 aromatic carbocycles. The van der Waals surface area contributed by atoms with Gasteiger partial charge in [0.15, 0.2) is 0 Å². The maximum Gasteiger partial charge on any atom is 0.243 e. The van der Waals surface area contributed by atoms with Gasteiger partial charge < -0.3 is 15.3 Å². The number of aliphatic hydroxyl groups is 1. The molecule has 0 bridgehead atoms. The molecule has 0 saturated carbocycles. The highest BCUT2D eigenvalue weighted by Crippen LogP contribution is 2.19. The van der Waals surface area contributed by atoms with Gasteiger partial charge in [0.25, 0.3) is 0 Å². The first-order chi connectivity index (χ1) is 13.6. The van der Waals surface area contributed by atoms with Crippen molar-refractivity contribution in [3.8, 4) is 0 Å². The normalized spacial score (nSPS) is 16.2. The molecule has 1 aliphatic heterocycles. The Morgan fingerprint density at radius 1 is 1.00 bits per heavy atom. The molecular formula is C23H28N2O3. The van der Waals surface area contributed by atoms with Gasteiger partial charge in [-0.05, 0) is 41.5 Å². The third kappa shape index (κ3) is 4.98. The average molecular weight is 380 g/mol. The average Bonchev–Trinajstić information content (AvgIpc) is 3.23. The molecule has 2 amide bonds. The molecule has 0 radical (unpaired) electrons. The summed E-state index contributed by atoms with van der Waals surface area (Å²) < 4.78 is 0. The summed E-state index contributed by atoms with van der Waals surface area (Å²) in [4.78, 5) is 27.1. The van der Waals surface area contributed by atoms with E-state index < -0.39 is 0 Å². The SMILES string of the molecule is CCc1ccc(CNC(=O)C2CCCN2C(=O)Cc2ccc(CO)cc2)cc1. The molecule has 3 rings (SSSR count). The Bertz CT molecular complexity index is 800. The summed E-state index contributed by atoms with van der Waals surface area (Å²) in [5.41, 5.74) is 4.05. The second-order valence-electron chi connectivity index (χ2n) is 7.28. The number of benzene rings is 2. The van der Waals surface area contributed by atoms with E-state index in [1.165, 1.54) is 5.56 Å². The van der Waals surface area contributed by atoms with Crippen molar-refractivity contribution in [1.82, 2.24) is 10.2 Å². The third-order valence-corrected chi connectivity index (χ3v) is 5.33. The Kier molecular flexibility index (Phi) is 6.82. The molecule has 0 spiro atoms. The fourth-order valence-electron chi connectivity index (χ4n) is 3.58. The molecule has 1 atom stereocenters. The summed E-state index contributed by atoms with van der Waals surface area (Å²) in [7, 11) is 0. The van der Waals surface area contributed by atoms with Crippen LogP contribution < -0.4 is 5.32 Å². The van der Waals surface area contributed by atoms with Crippen molar-refractivity contribution in [1.29, 1.82) is 0 Å². The fraction of sp³-hybridized carbons (Fsp3) is 0.391. The van der Waals surface area contributed by atoms with E-state index >= 15 is 0 Å². The predicted molar refractivity (Wildman–Crippen MR) is 108 cm³/mol. The van der Waals surface area contributed by atoms with Crippen LogP contribution in [-0.2, 0) is 35.6 Å². The molecule has 5 heteroatoms. The van der Waals surface area contributed by atoms with Crippen molar-refractivity contribution in [2.75, 3.05) is 6.54 Å². The summed E-state index contributed by atoms with van der Waals surface area (Å²) in [5, 5.41) is 12.1. The molecule has 0 aromatic heterocycles. The maximum atomic E-state index is 12.7. The number of nitrogens with one attached hydrogen (secondary N) is 1. The van der Waals surface area contributed by atoms with Crippen LogP contribution >= 0.6 is 0 Å². The van der Waals surface area contributed by atoms with E-state index in [2.05, 4.69) is 24.4 Å². The van der Waals surface area contributed by atoms with E-state index in [1.54, 1.807) is 4.90 Å². The molecule has 28 heavy (non-hydrogen) atoms. The molecular weight excluding hydrogens is 352 g/mol. The Labute approximate surface area is 166 Å². The number of carbonyl (C=O) groups is 2. The van der Waals surface area contributed by atoms with Crippen molar-refractivity contribution in [2.45, 2.75) is 51.8 Å². The van der Waals surface area contributed by atoms with Gasteiger partial charge in [0, 0.05) is 13.1 Å². The van der Waals surface area contributed by atoms with E-state index in [4.69, 9.17) is 5.11 Å². The van der Waals surface area contributed by atoms with Gasteiger partial charge in [-0.25, -0.2) is 0 Å². The van der Waals surface area contributed by atoms with Crippen molar-refractivity contribution in [2.24, 2.45) is 0 Å². The summed E-state index contributed by atoms with van der Waals surface area (Å²) in [6.45, 7) is 3.20. The molecule has 5 nitrogen and oxygen atoms in total. The zero-order valence-electron chi connectivity index (χ0n) is 16.4. The molecule has 0 aliphatic carbocycles. The van der Waals surface area contributed by atoms with Crippen LogP contribution in [0.4, 0.5) is 0 Å². The summed E-state index contributed by atoms with van der Waals surface area (Å²) in [5.74, 6) is -0.109. The highest BCUT2D eigenvalue weighted by Gasteiger charge is 2.33. The van der Waals surface area contributed by atoms with Crippen LogP contribution in [0, 0.1) is 0 Å². The molecule has 1 fully saturated rings. The van der Waals surface area contributed by atoms with Crippen molar-refractivity contribution >= 4 is 11.8 Å². The quantitative estimate of drug-likeness (QED) is 0.776. The monoisotopic (exact) mass is 380 g/mol. The van der Waals surface area contributed by atoms with Crippen LogP contribution in [0.15, 0.2) is 48.5 Å². The van der Waals surface area contributed by atoms with E-state index in [0.717, 1.165) is 29.5 Å². The number of aryl methyl sites for hydroxylation is 1. The van der Waals surface area contributed by atoms with Crippen LogP contribution in [0.2, 0.25) is 0 Å². The summed E-state index contributed by atoms with van der Waals surface area (Å²) >= 11 is 0. The van der Waals surface area contributed by atoms with Gasteiger partial charge in [0.05, 0.1) is 13.0 Å². The van der Waals surface area contributed by atoms with Crippen LogP contribution in [0.25, 0.3) is 0 Å². The van der Waals surface area contributed by atoms with Gasteiger partial charge in [-0.3, -0.25) is 9.59 Å². The molecule has 2 aromatic rings. The lowest BCUT2D eigenvalue weighted by Crippen LogP contribution is -2.46. The van der Waals surface area contributed by atoms with Gasteiger partial charge in [-0.15, -0.1) is 0 Å². The van der Waals surface area contributed by atoms with E-state index in [0.29, 0.717) is 19.5 Å². The maximum absolute atomic E-state index is 12.7. The number of hydrogen-bond donors (Lipinski definition) is 2. The third-order valence-electron chi connectivity index (χ3n) is 5.33. The van der Waals surface area contributed by atoms with Crippen LogP contribution in [0.3, 0.4) is 0 Å². The van der Waals surface area contributed by atoms with Crippen molar-refractivity contribution in [3.05, 3.63) is 70.8 Å². The minimum atomic E-state index is -0.390. The molecule has 1 unspecified atom stereocenters. The van der Waals surface area contributed by atoms with Gasteiger partial charge in [-0.1, -0.05) is 55.5 Å². The summed E-state index contributed by atoms with van der Waals surface area (Å²) in [6.07, 6.45) is 2.82. The number of hydrogen-bond acceptors (Lipinski definition) is 3. The predicted octanol–water partition coefficient (Wildman–Crippen LogP) is 2.59. The second kappa shape index (κ2) is 9.51. The lowest BCUT2D eigenvalue weighted by molar-refractivity contribution is -0.138.